The highest BCUT2D eigenvalue weighted by Crippen LogP contribution is 2.46. The first-order chi connectivity index (χ1) is 22.3. The normalized spacial score (nSPS) is 24.9. The van der Waals surface area contributed by atoms with Crippen LogP contribution in [0.3, 0.4) is 0 Å². The molecule has 0 amide bonds. The van der Waals surface area contributed by atoms with Crippen molar-refractivity contribution >= 4 is 22.4 Å². The number of nitrogen functional groups attached to an aromatic ring is 1. The van der Waals surface area contributed by atoms with Crippen LogP contribution >= 0.6 is 0 Å². The van der Waals surface area contributed by atoms with Crippen molar-refractivity contribution in [1.29, 1.82) is 0 Å². The zero-order valence-corrected chi connectivity index (χ0v) is 26.5. The Kier molecular flexibility index (Phi) is 9.92. The van der Waals surface area contributed by atoms with Crippen molar-refractivity contribution in [2.75, 3.05) is 50.4 Å². The molecule has 4 atom stereocenters. The van der Waals surface area contributed by atoms with E-state index in [9.17, 15) is 22.0 Å². The lowest BCUT2D eigenvalue weighted by Gasteiger charge is -2.32. The molecular weight excluding hydrogens is 635 g/mol. The molecule has 6 rings (SSSR count). The summed E-state index contributed by atoms with van der Waals surface area (Å²) in [6.07, 6.45) is -7.74. The Morgan fingerprint density at radius 3 is 2.57 bits per heavy atom. The third-order valence-electron chi connectivity index (χ3n) is 8.78. The van der Waals surface area contributed by atoms with Crippen molar-refractivity contribution in [1.82, 2.24) is 25.2 Å². The maximum atomic E-state index is 16.5. The van der Waals surface area contributed by atoms with Gasteiger partial charge in [-0.15, -0.1) is 0 Å². The molecule has 0 saturated carbocycles. The van der Waals surface area contributed by atoms with Crippen LogP contribution in [-0.2, 0) is 6.18 Å². The first kappa shape index (κ1) is 34.7. The summed E-state index contributed by atoms with van der Waals surface area (Å²) in [5, 5.41) is 6.18. The van der Waals surface area contributed by atoms with Gasteiger partial charge in [0.15, 0.2) is 12.0 Å². The van der Waals surface area contributed by atoms with Crippen molar-refractivity contribution in [2.45, 2.75) is 77.1 Å². The Labute approximate surface area is 267 Å². The summed E-state index contributed by atoms with van der Waals surface area (Å²) in [5.41, 5.74) is -0.609. The fourth-order valence-corrected chi connectivity index (χ4v) is 6.51. The minimum Gasteiger partial charge on any atom is -0.474 e. The molecule has 0 radical (unpaired) electrons. The lowest BCUT2D eigenvalue weighted by atomic mass is 9.93. The first-order valence-corrected chi connectivity index (χ1v) is 15.7. The molecule has 4 unspecified atom stereocenters. The zero-order valence-electron chi connectivity index (χ0n) is 26.5. The number of rotatable bonds is 4. The predicted molar refractivity (Wildman–Crippen MR) is 163 cm³/mol. The second-order valence-corrected chi connectivity index (χ2v) is 11.7. The molecule has 16 heteroatoms. The van der Waals surface area contributed by atoms with Gasteiger partial charge in [-0.25, -0.2) is 22.5 Å². The Balaban J connectivity index is 0.00000213. The predicted octanol–water partition coefficient (Wildman–Crippen LogP) is 5.98. The number of nitrogens with one attached hydrogen (secondary N) is 2. The van der Waals surface area contributed by atoms with Crippen LogP contribution in [0, 0.1) is 18.6 Å². The van der Waals surface area contributed by atoms with E-state index in [0.29, 0.717) is 51.5 Å². The van der Waals surface area contributed by atoms with E-state index >= 15 is 8.78 Å². The number of pyridine rings is 1. The van der Waals surface area contributed by atoms with E-state index in [0.717, 1.165) is 6.92 Å². The van der Waals surface area contributed by atoms with Gasteiger partial charge in [0.1, 0.15) is 41.0 Å². The van der Waals surface area contributed by atoms with Crippen molar-refractivity contribution in [2.24, 2.45) is 0 Å². The minimum atomic E-state index is -5.10. The van der Waals surface area contributed by atoms with Crippen LogP contribution in [0.2, 0.25) is 0 Å². The van der Waals surface area contributed by atoms with Gasteiger partial charge >= 0.3 is 12.2 Å². The molecule has 2 saturated heterocycles. The molecular formula is C31H38F7N7O2. The lowest BCUT2D eigenvalue weighted by Crippen LogP contribution is -2.50. The van der Waals surface area contributed by atoms with Gasteiger partial charge in [0.05, 0.1) is 22.9 Å². The van der Waals surface area contributed by atoms with Gasteiger partial charge in [0.25, 0.3) is 0 Å². The van der Waals surface area contributed by atoms with Crippen LogP contribution in [-0.4, -0.2) is 83.2 Å². The molecule has 47 heavy (non-hydrogen) atoms. The maximum absolute atomic E-state index is 16.5. The number of anilines is 2. The third kappa shape index (κ3) is 6.33. The number of hydrogen-bond acceptors (Lipinski definition) is 9. The van der Waals surface area contributed by atoms with Gasteiger partial charge in [-0.1, -0.05) is 13.8 Å². The van der Waals surface area contributed by atoms with E-state index in [-0.39, 0.29) is 30.2 Å². The molecule has 5 heterocycles. The van der Waals surface area contributed by atoms with Crippen LogP contribution in [0.4, 0.5) is 42.2 Å². The maximum Gasteiger partial charge on any atom is 0.417 e. The van der Waals surface area contributed by atoms with E-state index in [1.807, 2.05) is 13.8 Å². The second kappa shape index (κ2) is 13.5. The summed E-state index contributed by atoms with van der Waals surface area (Å²) in [4.78, 5) is 14.4. The summed E-state index contributed by atoms with van der Waals surface area (Å²) in [5.74, 6) is -2.84. The average molecular weight is 674 g/mol. The van der Waals surface area contributed by atoms with E-state index in [4.69, 9.17) is 15.2 Å². The zero-order chi connectivity index (χ0) is 34.3. The molecule has 3 aromatic rings. The highest BCUT2D eigenvalue weighted by atomic mass is 19.4. The SMILES string of the molecule is CC.Cc1c(F)c(N)cc(-c2nc3c4c(nc(OCC56CCCN5CC(F)C6F)nc4c2F)NCCNCCC(C)O3)c1C(F)(F)F. The van der Waals surface area contributed by atoms with E-state index < -0.39 is 81.4 Å². The summed E-state index contributed by atoms with van der Waals surface area (Å²) in [6, 6.07) is 0.262. The number of alkyl halides is 5. The molecule has 4 N–H and O–H groups in total. The van der Waals surface area contributed by atoms with Crippen LogP contribution in [0.25, 0.3) is 22.2 Å². The van der Waals surface area contributed by atoms with E-state index in [1.54, 1.807) is 11.8 Å². The van der Waals surface area contributed by atoms with Crippen LogP contribution < -0.4 is 25.8 Å². The number of nitrogens with zero attached hydrogens (tertiary/aromatic N) is 4. The van der Waals surface area contributed by atoms with Crippen molar-refractivity contribution < 1.29 is 40.2 Å². The number of halogens is 7. The van der Waals surface area contributed by atoms with Gasteiger partial charge in [-0.2, -0.15) is 23.1 Å². The number of fused-ring (bicyclic) bond motifs is 1. The first-order valence-electron chi connectivity index (χ1n) is 15.7. The van der Waals surface area contributed by atoms with Gasteiger partial charge in [-0.05, 0) is 57.8 Å². The Hall–Kier alpha value is -3.66. The van der Waals surface area contributed by atoms with Gasteiger partial charge in [0.2, 0.25) is 5.88 Å². The number of ether oxygens (including phenoxy) is 2. The summed E-state index contributed by atoms with van der Waals surface area (Å²) < 4.78 is 115. The van der Waals surface area contributed by atoms with Crippen molar-refractivity contribution in [3.05, 3.63) is 28.8 Å². The summed E-state index contributed by atoms with van der Waals surface area (Å²) in [7, 11) is 0. The average Bonchev–Trinajstić information content (AvgIpc) is 3.52. The second-order valence-electron chi connectivity index (χ2n) is 11.7. The Morgan fingerprint density at radius 2 is 1.85 bits per heavy atom. The molecule has 2 fully saturated rings. The molecule has 2 aromatic heterocycles. The Morgan fingerprint density at radius 1 is 1.11 bits per heavy atom. The summed E-state index contributed by atoms with van der Waals surface area (Å²) >= 11 is 0. The highest BCUT2D eigenvalue weighted by Gasteiger charge is 2.58. The van der Waals surface area contributed by atoms with Crippen LogP contribution in [0.5, 0.6) is 11.9 Å². The topological polar surface area (TPSA) is 110 Å². The number of nitrogens with two attached hydrogens (primary N) is 1. The third-order valence-corrected chi connectivity index (χ3v) is 8.78. The van der Waals surface area contributed by atoms with Crippen LogP contribution in [0.15, 0.2) is 6.07 Å². The molecule has 0 spiro atoms. The molecule has 3 aliphatic heterocycles. The lowest BCUT2D eigenvalue weighted by molar-refractivity contribution is -0.137. The fourth-order valence-electron chi connectivity index (χ4n) is 6.51. The molecule has 3 aliphatic rings. The largest absolute Gasteiger partial charge is 0.474 e. The molecule has 9 nitrogen and oxygen atoms in total. The number of benzene rings is 1. The molecule has 1 aromatic carbocycles. The highest BCUT2D eigenvalue weighted by molar-refractivity contribution is 5.96. The van der Waals surface area contributed by atoms with Gasteiger partial charge < -0.3 is 25.8 Å². The van der Waals surface area contributed by atoms with E-state index in [2.05, 4.69) is 25.6 Å². The summed E-state index contributed by atoms with van der Waals surface area (Å²) in [6.45, 7) is 7.95. The van der Waals surface area contributed by atoms with Crippen molar-refractivity contribution in [3.63, 3.8) is 0 Å². The fraction of sp³-hybridized carbons (Fsp3) is 0.581. The molecule has 0 aliphatic carbocycles. The van der Waals surface area contributed by atoms with E-state index in [1.165, 1.54) is 0 Å². The van der Waals surface area contributed by atoms with Crippen LogP contribution in [0.1, 0.15) is 51.2 Å². The smallest absolute Gasteiger partial charge is 0.417 e. The number of aromatic nitrogens is 3. The number of hydrogen-bond donors (Lipinski definition) is 3. The quantitative estimate of drug-likeness (QED) is 0.228. The monoisotopic (exact) mass is 673 g/mol. The standard InChI is InChI=1S/C29H32F7N7O2.C2H6/c1-13-4-6-38-7-8-39-25-18-23(41-27(42-25)44-12-28-5-3-9-43(28)11-16(30)24(28)33)21(32)22(40-26(18)45-13)15-10-17(37)20(31)14(2)19(15)29(34,35)36;1-2/h10,13,16,24,38H,3-9,11-12,37H2,1-2H3,(H,39,41,42);1-2H3. The van der Waals surface area contributed by atoms with Gasteiger partial charge in [0, 0.05) is 25.2 Å². The molecule has 0 bridgehead atoms. The molecule has 258 valence electrons. The Bertz CT molecular complexity index is 1620. The van der Waals surface area contributed by atoms with Gasteiger partial charge in [-0.3, -0.25) is 4.90 Å². The minimum absolute atomic E-state index is 0.0112. The van der Waals surface area contributed by atoms with Crippen molar-refractivity contribution in [3.8, 4) is 23.1 Å².